The lowest BCUT2D eigenvalue weighted by atomic mass is 9.86. The van der Waals surface area contributed by atoms with Crippen molar-refractivity contribution in [3.05, 3.63) is 36.7 Å². The SMILES string of the molecule is C#C[C@@]1(CO[P+](=O)Oc2ccccc2)C[C@H](n2cnc3c(OCC)nc(N)nc32)C[C@H]1O. The van der Waals surface area contributed by atoms with E-state index in [0.29, 0.717) is 42.2 Å². The van der Waals surface area contributed by atoms with Crippen LogP contribution < -0.4 is 15.0 Å². The minimum absolute atomic E-state index is 0.0582. The van der Waals surface area contributed by atoms with Gasteiger partial charge in [-0.3, -0.25) is 0 Å². The fraction of sp³-hybridized carbons (Fsp3) is 0.381. The van der Waals surface area contributed by atoms with Crippen LogP contribution in [0.2, 0.25) is 0 Å². The van der Waals surface area contributed by atoms with Crippen molar-refractivity contribution in [2.24, 2.45) is 5.41 Å². The summed E-state index contributed by atoms with van der Waals surface area (Å²) in [4.78, 5) is 12.8. The van der Waals surface area contributed by atoms with Crippen molar-refractivity contribution >= 4 is 25.4 Å². The number of nitrogens with zero attached hydrogens (tertiary/aromatic N) is 4. The molecule has 1 aliphatic carbocycles. The summed E-state index contributed by atoms with van der Waals surface area (Å²) < 4.78 is 30.3. The molecule has 3 N–H and O–H groups in total. The van der Waals surface area contributed by atoms with Crippen LogP contribution in [-0.2, 0) is 9.09 Å². The summed E-state index contributed by atoms with van der Waals surface area (Å²) >= 11 is 0. The van der Waals surface area contributed by atoms with Crippen LogP contribution in [0.25, 0.3) is 11.2 Å². The first-order valence-electron chi connectivity index (χ1n) is 10.1. The largest absolute Gasteiger partial charge is 0.750 e. The predicted octanol–water partition coefficient (Wildman–Crippen LogP) is 2.88. The number of ether oxygens (including phenoxy) is 1. The van der Waals surface area contributed by atoms with Crippen molar-refractivity contribution < 1.29 is 23.5 Å². The third kappa shape index (κ3) is 4.23. The van der Waals surface area contributed by atoms with E-state index in [2.05, 4.69) is 20.9 Å². The third-order valence-corrected chi connectivity index (χ3v) is 6.15. The first-order valence-corrected chi connectivity index (χ1v) is 11.2. The van der Waals surface area contributed by atoms with Crippen LogP contribution in [0.1, 0.15) is 25.8 Å². The highest BCUT2D eigenvalue weighted by atomic mass is 31.1. The summed E-state index contributed by atoms with van der Waals surface area (Å²) in [7, 11) is -2.46. The summed E-state index contributed by atoms with van der Waals surface area (Å²) in [5, 5.41) is 10.8. The van der Waals surface area contributed by atoms with Gasteiger partial charge in [0.05, 0.1) is 24.5 Å². The monoisotopic (exact) mass is 456 g/mol. The number of nitrogens with two attached hydrogens (primary N) is 1. The van der Waals surface area contributed by atoms with Crippen molar-refractivity contribution in [1.29, 1.82) is 0 Å². The molecule has 0 bridgehead atoms. The number of benzene rings is 1. The van der Waals surface area contributed by atoms with Crippen molar-refractivity contribution in [3.8, 4) is 24.0 Å². The third-order valence-electron chi connectivity index (χ3n) is 5.45. The van der Waals surface area contributed by atoms with Crippen LogP contribution >= 0.6 is 8.25 Å². The van der Waals surface area contributed by atoms with Gasteiger partial charge in [0.15, 0.2) is 16.9 Å². The molecule has 1 fully saturated rings. The molecule has 11 heteroatoms. The van der Waals surface area contributed by atoms with Gasteiger partial charge < -0.3 is 20.1 Å². The molecule has 0 spiro atoms. The second-order valence-corrected chi connectivity index (χ2v) is 8.34. The molecule has 0 saturated heterocycles. The second kappa shape index (κ2) is 9.09. The molecule has 166 valence electrons. The summed E-state index contributed by atoms with van der Waals surface area (Å²) in [6.45, 7) is 2.11. The zero-order valence-electron chi connectivity index (χ0n) is 17.4. The number of fused-ring (bicyclic) bond motifs is 1. The molecule has 2 aromatic heterocycles. The topological polar surface area (TPSA) is 135 Å². The maximum absolute atomic E-state index is 12.2. The Kier molecular flexibility index (Phi) is 6.24. The van der Waals surface area contributed by atoms with E-state index >= 15 is 0 Å². The van der Waals surface area contributed by atoms with E-state index in [-0.39, 0.29) is 18.6 Å². The molecule has 1 saturated carbocycles. The minimum atomic E-state index is -2.46. The Morgan fingerprint density at radius 3 is 2.88 bits per heavy atom. The number of rotatable bonds is 8. The van der Waals surface area contributed by atoms with Gasteiger partial charge in [0, 0.05) is 10.6 Å². The minimum Gasteiger partial charge on any atom is -0.476 e. The lowest BCUT2D eigenvalue weighted by Gasteiger charge is -2.23. The Hall–Kier alpha value is -3.25. The van der Waals surface area contributed by atoms with E-state index in [1.165, 1.54) is 0 Å². The zero-order valence-corrected chi connectivity index (χ0v) is 18.3. The first-order chi connectivity index (χ1) is 15.5. The Labute approximate surface area is 185 Å². The van der Waals surface area contributed by atoms with Crippen LogP contribution in [0.5, 0.6) is 11.6 Å². The van der Waals surface area contributed by atoms with E-state index < -0.39 is 19.8 Å². The summed E-state index contributed by atoms with van der Waals surface area (Å²) in [5.74, 6) is 3.43. The summed E-state index contributed by atoms with van der Waals surface area (Å²) in [6, 6.07) is 8.44. The van der Waals surface area contributed by atoms with Crippen molar-refractivity contribution in [2.45, 2.75) is 31.9 Å². The van der Waals surface area contributed by atoms with Crippen LogP contribution in [0, 0.1) is 17.8 Å². The Morgan fingerprint density at radius 1 is 1.38 bits per heavy atom. The van der Waals surface area contributed by atoms with Crippen molar-refractivity contribution in [2.75, 3.05) is 18.9 Å². The number of hydrogen-bond donors (Lipinski definition) is 2. The first kappa shape index (κ1) is 22.0. The Morgan fingerprint density at radius 2 is 2.16 bits per heavy atom. The normalized spacial score (nSPS) is 23.1. The number of aliphatic hydroxyl groups excluding tert-OH is 1. The van der Waals surface area contributed by atoms with Crippen molar-refractivity contribution in [1.82, 2.24) is 19.5 Å². The van der Waals surface area contributed by atoms with Gasteiger partial charge in [-0.1, -0.05) is 24.1 Å². The molecule has 1 aliphatic rings. The maximum atomic E-state index is 12.2. The van der Waals surface area contributed by atoms with Gasteiger partial charge >= 0.3 is 8.25 Å². The lowest BCUT2D eigenvalue weighted by molar-refractivity contribution is 0.0552. The van der Waals surface area contributed by atoms with E-state index in [9.17, 15) is 9.67 Å². The number of anilines is 1. The molecule has 4 atom stereocenters. The second-order valence-electron chi connectivity index (χ2n) is 7.46. The number of imidazole rings is 1. The van der Waals surface area contributed by atoms with Gasteiger partial charge in [-0.05, 0) is 31.9 Å². The molecular formula is C21H23N5O5P+. The molecule has 0 radical (unpaired) electrons. The van der Waals surface area contributed by atoms with E-state index in [1.54, 1.807) is 35.2 Å². The van der Waals surface area contributed by atoms with Gasteiger partial charge in [-0.2, -0.15) is 9.97 Å². The molecule has 4 rings (SSSR count). The fourth-order valence-corrected chi connectivity index (χ4v) is 4.54. The van der Waals surface area contributed by atoms with Gasteiger partial charge in [-0.15, -0.1) is 10.9 Å². The highest BCUT2D eigenvalue weighted by molar-refractivity contribution is 7.33. The zero-order chi connectivity index (χ0) is 22.7. The molecule has 32 heavy (non-hydrogen) atoms. The quantitative estimate of drug-likeness (QED) is 0.387. The average molecular weight is 456 g/mol. The Bertz CT molecular complexity index is 1160. The van der Waals surface area contributed by atoms with Crippen LogP contribution in [0.3, 0.4) is 0 Å². The molecule has 0 amide bonds. The number of aliphatic hydroxyl groups is 1. The van der Waals surface area contributed by atoms with Crippen LogP contribution in [-0.4, -0.2) is 43.9 Å². The van der Waals surface area contributed by atoms with E-state index in [4.69, 9.17) is 25.9 Å². The number of para-hydroxylation sites is 1. The average Bonchev–Trinajstić information content (AvgIpc) is 3.34. The number of terminal acetylenes is 1. The molecule has 2 heterocycles. The number of nitrogen functional groups attached to an aromatic ring is 1. The van der Waals surface area contributed by atoms with Gasteiger partial charge in [0.2, 0.25) is 11.8 Å². The van der Waals surface area contributed by atoms with Gasteiger partial charge in [0.25, 0.3) is 0 Å². The Balaban J connectivity index is 1.52. The standard InChI is InChI=1S/C21H23N5O5P/c1-3-21(12-30-32(28)31-15-8-6-5-7-9-15)11-14(10-16(21)27)26-13-23-17-18(26)24-20(22)25-19(17)29-4-2/h1,5-9,13-14,16,27H,4,10-12H2,2H3,(H2,22,24,25)/q+1/t14-,16-,21+/m1/s1. The summed E-state index contributed by atoms with van der Waals surface area (Å²) in [5.41, 5.74) is 5.76. The predicted molar refractivity (Wildman–Crippen MR) is 117 cm³/mol. The highest BCUT2D eigenvalue weighted by Crippen LogP contribution is 2.47. The van der Waals surface area contributed by atoms with E-state index in [1.807, 2.05) is 13.0 Å². The van der Waals surface area contributed by atoms with E-state index in [0.717, 1.165) is 0 Å². The lowest BCUT2D eigenvalue weighted by Crippen LogP contribution is -2.32. The van der Waals surface area contributed by atoms with Crippen molar-refractivity contribution in [3.63, 3.8) is 0 Å². The smallest absolute Gasteiger partial charge is 0.476 e. The molecule has 0 aliphatic heterocycles. The number of hydrogen-bond acceptors (Lipinski definition) is 9. The highest BCUT2D eigenvalue weighted by Gasteiger charge is 2.49. The molecule has 10 nitrogen and oxygen atoms in total. The number of aromatic nitrogens is 4. The van der Waals surface area contributed by atoms with Crippen LogP contribution in [0.4, 0.5) is 5.95 Å². The fourth-order valence-electron chi connectivity index (χ4n) is 3.86. The molecule has 1 unspecified atom stereocenters. The van der Waals surface area contributed by atoms with Crippen LogP contribution in [0.15, 0.2) is 36.7 Å². The summed E-state index contributed by atoms with van der Waals surface area (Å²) in [6.07, 6.45) is 7.21. The van der Waals surface area contributed by atoms with Gasteiger partial charge in [-0.25, -0.2) is 9.51 Å². The molecular weight excluding hydrogens is 433 g/mol. The molecule has 1 aromatic carbocycles. The molecule has 3 aromatic rings. The maximum Gasteiger partial charge on any atom is 0.750 e. The van der Waals surface area contributed by atoms with Gasteiger partial charge in [0.1, 0.15) is 6.61 Å².